The van der Waals surface area contributed by atoms with E-state index in [-0.39, 0.29) is 6.42 Å². The Hall–Kier alpha value is -1.97. The molecule has 2 aromatic rings. The lowest BCUT2D eigenvalue weighted by molar-refractivity contribution is -0.136. The number of ether oxygens (including phenoxy) is 1. The van der Waals surface area contributed by atoms with Crippen molar-refractivity contribution in [1.29, 1.82) is 0 Å². The second-order valence-electron chi connectivity index (χ2n) is 3.29. The highest BCUT2D eigenvalue weighted by Gasteiger charge is 2.07. The molecule has 2 N–H and O–H groups in total. The number of hydrogen-bond acceptors (Lipinski definition) is 2. The van der Waals surface area contributed by atoms with Gasteiger partial charge in [-0.2, -0.15) is 0 Å². The molecule has 15 heavy (non-hydrogen) atoms. The number of methoxy groups -OCH3 is 1. The molecule has 0 saturated heterocycles. The summed E-state index contributed by atoms with van der Waals surface area (Å²) in [6.07, 6.45) is -0.00215. The molecule has 0 spiro atoms. The molecule has 1 aromatic carbocycles. The Morgan fingerprint density at radius 2 is 2.33 bits per heavy atom. The quantitative estimate of drug-likeness (QED) is 0.803. The van der Waals surface area contributed by atoms with E-state index >= 15 is 0 Å². The van der Waals surface area contributed by atoms with Crippen molar-refractivity contribution in [2.45, 2.75) is 6.42 Å². The van der Waals surface area contributed by atoms with Crippen LogP contribution in [0, 0.1) is 0 Å². The molecule has 0 aliphatic heterocycles. The second kappa shape index (κ2) is 3.65. The van der Waals surface area contributed by atoms with Crippen molar-refractivity contribution in [3.05, 3.63) is 30.0 Å². The molecule has 0 radical (unpaired) electrons. The van der Waals surface area contributed by atoms with E-state index in [4.69, 9.17) is 9.84 Å². The van der Waals surface area contributed by atoms with Gasteiger partial charge in [-0.05, 0) is 18.2 Å². The van der Waals surface area contributed by atoms with Crippen molar-refractivity contribution in [1.82, 2.24) is 4.98 Å². The van der Waals surface area contributed by atoms with Crippen LogP contribution < -0.4 is 4.74 Å². The minimum Gasteiger partial charge on any atom is -0.496 e. The van der Waals surface area contributed by atoms with Crippen LogP contribution in [-0.2, 0) is 11.2 Å². The molecular formula is C11H11NO3. The van der Waals surface area contributed by atoms with Crippen LogP contribution >= 0.6 is 0 Å². The Morgan fingerprint density at radius 3 is 3.00 bits per heavy atom. The maximum Gasteiger partial charge on any atom is 0.309 e. The van der Waals surface area contributed by atoms with Gasteiger partial charge in [-0.15, -0.1) is 0 Å². The summed E-state index contributed by atoms with van der Waals surface area (Å²) in [6, 6.07) is 7.41. The molecule has 0 saturated carbocycles. The zero-order chi connectivity index (χ0) is 10.8. The first-order valence-electron chi connectivity index (χ1n) is 4.57. The van der Waals surface area contributed by atoms with Gasteiger partial charge in [-0.3, -0.25) is 4.79 Å². The number of H-pyrrole nitrogens is 1. The third kappa shape index (κ3) is 1.79. The van der Waals surface area contributed by atoms with Gasteiger partial charge < -0.3 is 14.8 Å². The van der Waals surface area contributed by atoms with Crippen LogP contribution in [0.25, 0.3) is 10.9 Å². The summed E-state index contributed by atoms with van der Waals surface area (Å²) >= 11 is 0. The van der Waals surface area contributed by atoms with Crippen molar-refractivity contribution >= 4 is 16.9 Å². The molecule has 0 atom stereocenters. The molecule has 0 fully saturated rings. The summed E-state index contributed by atoms with van der Waals surface area (Å²) in [7, 11) is 1.60. The number of aromatic nitrogens is 1. The van der Waals surface area contributed by atoms with Gasteiger partial charge in [0.15, 0.2) is 0 Å². The lowest BCUT2D eigenvalue weighted by Crippen LogP contribution is -1.99. The van der Waals surface area contributed by atoms with Crippen LogP contribution in [0.1, 0.15) is 5.69 Å². The summed E-state index contributed by atoms with van der Waals surface area (Å²) in [5.41, 5.74) is 1.58. The number of fused-ring (bicyclic) bond motifs is 1. The Labute approximate surface area is 86.5 Å². The zero-order valence-electron chi connectivity index (χ0n) is 8.28. The molecule has 4 nitrogen and oxygen atoms in total. The third-order valence-corrected chi connectivity index (χ3v) is 2.24. The molecular weight excluding hydrogens is 194 g/mol. The maximum absolute atomic E-state index is 10.5. The Morgan fingerprint density at radius 1 is 1.53 bits per heavy atom. The van der Waals surface area contributed by atoms with Crippen LogP contribution in [0.5, 0.6) is 5.75 Å². The number of carboxylic acids is 1. The largest absolute Gasteiger partial charge is 0.496 e. The first-order chi connectivity index (χ1) is 7.20. The second-order valence-corrected chi connectivity index (χ2v) is 3.29. The highest BCUT2D eigenvalue weighted by atomic mass is 16.5. The Kier molecular flexibility index (Phi) is 2.33. The van der Waals surface area contributed by atoms with Gasteiger partial charge in [0.25, 0.3) is 0 Å². The summed E-state index contributed by atoms with van der Waals surface area (Å²) < 4.78 is 5.18. The summed E-state index contributed by atoms with van der Waals surface area (Å²) in [5.74, 6) is -0.0964. The fraction of sp³-hybridized carbons (Fsp3) is 0.182. The van der Waals surface area contributed by atoms with E-state index in [2.05, 4.69) is 4.98 Å². The molecule has 0 aliphatic carbocycles. The average Bonchev–Trinajstić information content (AvgIpc) is 2.58. The number of nitrogens with one attached hydrogen (secondary N) is 1. The molecule has 0 aliphatic rings. The summed E-state index contributed by atoms with van der Waals surface area (Å²) in [5, 5.41) is 9.58. The minimum atomic E-state index is -0.847. The Balaban J connectivity index is 2.50. The number of aromatic amines is 1. The molecule has 2 rings (SSSR count). The molecule has 0 unspecified atom stereocenters. The van der Waals surface area contributed by atoms with E-state index < -0.39 is 5.97 Å². The smallest absolute Gasteiger partial charge is 0.309 e. The van der Waals surface area contributed by atoms with E-state index in [0.717, 1.165) is 16.7 Å². The molecule has 1 heterocycles. The first-order valence-corrected chi connectivity index (χ1v) is 4.57. The van der Waals surface area contributed by atoms with Crippen LogP contribution in [0.15, 0.2) is 24.3 Å². The monoisotopic (exact) mass is 205 g/mol. The van der Waals surface area contributed by atoms with Gasteiger partial charge in [-0.1, -0.05) is 6.07 Å². The highest BCUT2D eigenvalue weighted by molar-refractivity contribution is 5.87. The van der Waals surface area contributed by atoms with Crippen molar-refractivity contribution in [3.63, 3.8) is 0 Å². The molecule has 0 bridgehead atoms. The third-order valence-electron chi connectivity index (χ3n) is 2.24. The lowest BCUT2D eigenvalue weighted by atomic mass is 10.2. The molecule has 0 amide bonds. The SMILES string of the molecule is COc1cccc2[nH]c(CC(=O)O)cc12. The zero-order valence-corrected chi connectivity index (χ0v) is 8.28. The minimum absolute atomic E-state index is 0.00215. The van der Waals surface area contributed by atoms with Crippen LogP contribution in [0.4, 0.5) is 0 Å². The predicted molar refractivity (Wildman–Crippen MR) is 56.2 cm³/mol. The molecule has 78 valence electrons. The van der Waals surface area contributed by atoms with Crippen molar-refractivity contribution in [2.75, 3.05) is 7.11 Å². The Bertz CT molecular complexity index is 502. The topological polar surface area (TPSA) is 62.3 Å². The molecule has 4 heteroatoms. The van der Waals surface area contributed by atoms with E-state index in [1.54, 1.807) is 7.11 Å². The highest BCUT2D eigenvalue weighted by Crippen LogP contribution is 2.25. The first kappa shape index (κ1) is 9.58. The number of benzene rings is 1. The van der Waals surface area contributed by atoms with Gasteiger partial charge >= 0.3 is 5.97 Å². The van der Waals surface area contributed by atoms with E-state index in [1.807, 2.05) is 24.3 Å². The van der Waals surface area contributed by atoms with Crippen LogP contribution in [-0.4, -0.2) is 23.2 Å². The number of carbonyl (C=O) groups is 1. The summed E-state index contributed by atoms with van der Waals surface area (Å²) in [6.45, 7) is 0. The van der Waals surface area contributed by atoms with Crippen molar-refractivity contribution in [3.8, 4) is 5.75 Å². The predicted octanol–water partition coefficient (Wildman–Crippen LogP) is 1.80. The average molecular weight is 205 g/mol. The van der Waals surface area contributed by atoms with Crippen molar-refractivity contribution in [2.24, 2.45) is 0 Å². The lowest BCUT2D eigenvalue weighted by Gasteiger charge is -1.99. The van der Waals surface area contributed by atoms with E-state index in [1.165, 1.54) is 0 Å². The standard InChI is InChI=1S/C11H11NO3/c1-15-10-4-2-3-9-8(10)5-7(12-9)6-11(13)14/h2-5,12H,6H2,1H3,(H,13,14). The molecule has 1 aromatic heterocycles. The fourth-order valence-electron chi connectivity index (χ4n) is 1.62. The fourth-order valence-corrected chi connectivity index (χ4v) is 1.62. The van der Waals surface area contributed by atoms with Crippen molar-refractivity contribution < 1.29 is 14.6 Å². The van der Waals surface area contributed by atoms with E-state index in [9.17, 15) is 4.79 Å². The maximum atomic E-state index is 10.5. The van der Waals surface area contributed by atoms with Gasteiger partial charge in [0.05, 0.1) is 13.5 Å². The van der Waals surface area contributed by atoms with Gasteiger partial charge in [0.1, 0.15) is 5.75 Å². The number of aliphatic carboxylic acids is 1. The van der Waals surface area contributed by atoms with Gasteiger partial charge in [0.2, 0.25) is 0 Å². The normalized spacial score (nSPS) is 10.5. The number of carboxylic acid groups (broad SMARTS) is 1. The number of hydrogen-bond donors (Lipinski definition) is 2. The summed E-state index contributed by atoms with van der Waals surface area (Å²) in [4.78, 5) is 13.6. The van der Waals surface area contributed by atoms with Gasteiger partial charge in [0, 0.05) is 16.6 Å². The van der Waals surface area contributed by atoms with Gasteiger partial charge in [-0.25, -0.2) is 0 Å². The number of rotatable bonds is 3. The van der Waals surface area contributed by atoms with Crippen LogP contribution in [0.3, 0.4) is 0 Å². The van der Waals surface area contributed by atoms with E-state index in [0.29, 0.717) is 5.69 Å². The van der Waals surface area contributed by atoms with Crippen LogP contribution in [0.2, 0.25) is 0 Å².